The maximum atomic E-state index is 11.7. The molecule has 0 aliphatic heterocycles. The molecule has 0 aromatic carbocycles. The maximum Gasteiger partial charge on any atom is 0.352 e. The predicted molar refractivity (Wildman–Crippen MR) is 70.7 cm³/mol. The Morgan fingerprint density at radius 2 is 2.24 bits per heavy atom. The second-order valence-corrected chi connectivity index (χ2v) is 4.73. The molecule has 0 saturated heterocycles. The number of aromatic nitrogens is 1. The minimum absolute atomic E-state index is 0.347. The molecule has 96 valence electrons. The number of carbonyl (C=O) groups excluding carboxylic acids is 1. The molecule has 1 aromatic rings. The lowest BCUT2D eigenvalue weighted by molar-refractivity contribution is 0.0532. The third-order valence-corrected chi connectivity index (χ3v) is 3.15. The fourth-order valence-corrected chi connectivity index (χ4v) is 2.19. The molecule has 1 rings (SSSR count). The highest BCUT2D eigenvalue weighted by atomic mass is 32.1. The molecule has 0 spiro atoms. The van der Waals surface area contributed by atoms with Gasteiger partial charge in [0.25, 0.3) is 0 Å². The van der Waals surface area contributed by atoms with Crippen LogP contribution >= 0.6 is 11.3 Å². The van der Waals surface area contributed by atoms with Crippen molar-refractivity contribution >= 4 is 28.3 Å². The molecule has 0 bridgehead atoms. The summed E-state index contributed by atoms with van der Waals surface area (Å²) in [7, 11) is 1.91. The first-order chi connectivity index (χ1) is 8.10. The van der Waals surface area contributed by atoms with Gasteiger partial charge in [-0.15, -0.1) is 0 Å². The monoisotopic (exact) mass is 257 g/mol. The van der Waals surface area contributed by atoms with E-state index in [0.717, 1.165) is 19.4 Å². The number of hydrogen-bond acceptors (Lipinski definition) is 6. The summed E-state index contributed by atoms with van der Waals surface area (Å²) < 4.78 is 4.99. The summed E-state index contributed by atoms with van der Waals surface area (Å²) in [4.78, 5) is 18.3. The Bertz CT molecular complexity index is 379. The van der Waals surface area contributed by atoms with Gasteiger partial charge in [-0.2, -0.15) is 0 Å². The van der Waals surface area contributed by atoms with Gasteiger partial charge in [0.2, 0.25) is 0 Å². The summed E-state index contributed by atoms with van der Waals surface area (Å²) in [6.45, 7) is 5.11. The number of unbranched alkanes of at least 4 members (excludes halogenated alkanes) is 1. The van der Waals surface area contributed by atoms with Gasteiger partial charge in [0, 0.05) is 13.6 Å². The quantitative estimate of drug-likeness (QED) is 0.791. The molecule has 0 aliphatic rings. The van der Waals surface area contributed by atoms with Crippen LogP contribution in [0.3, 0.4) is 0 Å². The van der Waals surface area contributed by atoms with Crippen LogP contribution in [0.5, 0.6) is 0 Å². The first kappa shape index (κ1) is 13.8. The van der Waals surface area contributed by atoms with E-state index >= 15 is 0 Å². The van der Waals surface area contributed by atoms with Crippen LogP contribution in [-0.4, -0.2) is 31.2 Å². The first-order valence-corrected chi connectivity index (χ1v) is 6.56. The summed E-state index contributed by atoms with van der Waals surface area (Å²) in [6.07, 6.45) is 2.15. The molecule has 5 nitrogen and oxygen atoms in total. The van der Waals surface area contributed by atoms with E-state index in [1.165, 1.54) is 11.3 Å². The molecule has 1 heterocycles. The number of nitrogens with zero attached hydrogens (tertiary/aromatic N) is 2. The lowest BCUT2D eigenvalue weighted by Gasteiger charge is -2.16. The van der Waals surface area contributed by atoms with Gasteiger partial charge in [0.1, 0.15) is 0 Å². The van der Waals surface area contributed by atoms with Crippen LogP contribution in [0.15, 0.2) is 0 Å². The number of nitrogen functional groups attached to an aromatic ring is 1. The predicted octanol–water partition coefficient (Wildman–Crippen LogP) is 2.14. The highest BCUT2D eigenvalue weighted by Crippen LogP contribution is 2.28. The Labute approximate surface area is 106 Å². The number of esters is 1. The van der Waals surface area contributed by atoms with Crippen molar-refractivity contribution in [2.45, 2.75) is 26.7 Å². The zero-order valence-electron chi connectivity index (χ0n) is 10.5. The SMILES string of the molecule is CCCCN(C)c1nc(N)sc1C(=O)OCC. The van der Waals surface area contributed by atoms with Crippen LogP contribution in [-0.2, 0) is 4.74 Å². The number of hydrogen-bond donors (Lipinski definition) is 1. The number of ether oxygens (including phenoxy) is 1. The highest BCUT2D eigenvalue weighted by Gasteiger charge is 2.20. The van der Waals surface area contributed by atoms with Gasteiger partial charge in [0.05, 0.1) is 6.61 Å². The van der Waals surface area contributed by atoms with Crippen molar-refractivity contribution in [1.29, 1.82) is 0 Å². The number of nitrogens with two attached hydrogens (primary N) is 1. The molecule has 0 unspecified atom stereocenters. The molecule has 17 heavy (non-hydrogen) atoms. The van der Waals surface area contributed by atoms with E-state index < -0.39 is 0 Å². The molecule has 2 N–H and O–H groups in total. The second-order valence-electron chi connectivity index (χ2n) is 3.70. The normalized spacial score (nSPS) is 10.3. The summed E-state index contributed by atoms with van der Waals surface area (Å²) in [5.74, 6) is 0.277. The third kappa shape index (κ3) is 3.59. The molecule has 0 amide bonds. The Morgan fingerprint density at radius 1 is 1.53 bits per heavy atom. The minimum Gasteiger partial charge on any atom is -0.462 e. The zero-order chi connectivity index (χ0) is 12.8. The molecule has 6 heteroatoms. The van der Waals surface area contributed by atoms with E-state index in [4.69, 9.17) is 10.5 Å². The fourth-order valence-electron chi connectivity index (χ4n) is 1.42. The fraction of sp³-hybridized carbons (Fsp3) is 0.636. The van der Waals surface area contributed by atoms with Crippen molar-refractivity contribution in [3.8, 4) is 0 Å². The molecular formula is C11H19N3O2S. The topological polar surface area (TPSA) is 68.5 Å². The summed E-state index contributed by atoms with van der Waals surface area (Å²) in [5.41, 5.74) is 5.65. The number of carbonyl (C=O) groups is 1. The largest absolute Gasteiger partial charge is 0.462 e. The van der Waals surface area contributed by atoms with Crippen molar-refractivity contribution in [3.05, 3.63) is 4.88 Å². The Balaban J connectivity index is 2.86. The van der Waals surface area contributed by atoms with Gasteiger partial charge in [-0.25, -0.2) is 9.78 Å². The van der Waals surface area contributed by atoms with Crippen LogP contribution in [0, 0.1) is 0 Å². The van der Waals surface area contributed by atoms with Gasteiger partial charge in [0.15, 0.2) is 15.8 Å². The lowest BCUT2D eigenvalue weighted by Crippen LogP contribution is -2.21. The van der Waals surface area contributed by atoms with Gasteiger partial charge < -0.3 is 15.4 Å². The summed E-state index contributed by atoms with van der Waals surface area (Å²) in [5, 5.41) is 0.395. The first-order valence-electron chi connectivity index (χ1n) is 5.74. The van der Waals surface area contributed by atoms with E-state index in [0.29, 0.717) is 22.4 Å². The Kier molecular flexibility index (Phi) is 5.21. The third-order valence-electron chi connectivity index (χ3n) is 2.30. The second kappa shape index (κ2) is 6.44. The van der Waals surface area contributed by atoms with Crippen molar-refractivity contribution < 1.29 is 9.53 Å². The minimum atomic E-state index is -0.347. The summed E-state index contributed by atoms with van der Waals surface area (Å²) >= 11 is 1.17. The number of anilines is 2. The number of thiazole rings is 1. The van der Waals surface area contributed by atoms with Crippen LogP contribution < -0.4 is 10.6 Å². The van der Waals surface area contributed by atoms with Gasteiger partial charge in [-0.05, 0) is 13.3 Å². The van der Waals surface area contributed by atoms with Gasteiger partial charge in [-0.3, -0.25) is 0 Å². The Hall–Kier alpha value is -1.30. The van der Waals surface area contributed by atoms with Crippen LogP contribution in [0.4, 0.5) is 10.9 Å². The molecule has 0 atom stereocenters. The van der Waals surface area contributed by atoms with E-state index in [2.05, 4.69) is 11.9 Å². The van der Waals surface area contributed by atoms with Gasteiger partial charge in [-0.1, -0.05) is 24.7 Å². The van der Waals surface area contributed by atoms with Crippen LogP contribution in [0.25, 0.3) is 0 Å². The van der Waals surface area contributed by atoms with Crippen molar-refractivity contribution in [3.63, 3.8) is 0 Å². The average molecular weight is 257 g/mol. The standard InChI is InChI=1S/C11H19N3O2S/c1-4-6-7-14(3)9-8(10(15)16-5-2)17-11(12)13-9/h4-7H2,1-3H3,(H2,12,13). The van der Waals surface area contributed by atoms with Gasteiger partial charge >= 0.3 is 5.97 Å². The van der Waals surface area contributed by atoms with Crippen molar-refractivity contribution in [1.82, 2.24) is 4.98 Å². The van der Waals surface area contributed by atoms with E-state index in [1.54, 1.807) is 6.92 Å². The van der Waals surface area contributed by atoms with E-state index in [9.17, 15) is 4.79 Å². The molecule has 0 aliphatic carbocycles. The molecule has 0 fully saturated rings. The Morgan fingerprint density at radius 3 is 2.82 bits per heavy atom. The van der Waals surface area contributed by atoms with E-state index in [-0.39, 0.29) is 5.97 Å². The van der Waals surface area contributed by atoms with Crippen LogP contribution in [0.2, 0.25) is 0 Å². The van der Waals surface area contributed by atoms with Crippen molar-refractivity contribution in [2.24, 2.45) is 0 Å². The highest BCUT2D eigenvalue weighted by molar-refractivity contribution is 7.17. The van der Waals surface area contributed by atoms with Crippen molar-refractivity contribution in [2.75, 3.05) is 30.8 Å². The molecule has 0 saturated carbocycles. The maximum absolute atomic E-state index is 11.7. The van der Waals surface area contributed by atoms with Crippen LogP contribution in [0.1, 0.15) is 36.4 Å². The summed E-state index contributed by atoms with van der Waals surface area (Å²) in [6, 6.07) is 0. The number of rotatable bonds is 6. The lowest BCUT2D eigenvalue weighted by atomic mass is 10.3. The van der Waals surface area contributed by atoms with E-state index in [1.807, 2.05) is 11.9 Å². The molecular weight excluding hydrogens is 238 g/mol. The molecule has 1 aromatic heterocycles. The molecule has 0 radical (unpaired) electrons. The zero-order valence-corrected chi connectivity index (χ0v) is 11.3. The average Bonchev–Trinajstić information content (AvgIpc) is 2.68. The smallest absolute Gasteiger partial charge is 0.352 e.